The Morgan fingerprint density at radius 1 is 1.05 bits per heavy atom. The maximum absolute atomic E-state index is 12.7. The molecule has 0 saturated heterocycles. The molecule has 0 unspecified atom stereocenters. The highest BCUT2D eigenvalue weighted by molar-refractivity contribution is 7.86. The van der Waals surface area contributed by atoms with Crippen LogP contribution < -0.4 is 4.74 Å². The van der Waals surface area contributed by atoms with Gasteiger partial charge in [0, 0.05) is 12.1 Å². The zero-order valence-electron chi connectivity index (χ0n) is 10.6. The summed E-state index contributed by atoms with van der Waals surface area (Å²) in [7, 11) is -4.70. The quantitative estimate of drug-likeness (QED) is 0.481. The summed E-state index contributed by atoms with van der Waals surface area (Å²) in [6.07, 6.45) is 0. The van der Waals surface area contributed by atoms with Gasteiger partial charge < -0.3 is 4.74 Å². The maximum atomic E-state index is 12.7. The van der Waals surface area contributed by atoms with E-state index in [1.807, 2.05) is 0 Å². The van der Waals surface area contributed by atoms with Gasteiger partial charge in [0.1, 0.15) is 12.4 Å². The molecule has 6 nitrogen and oxygen atoms in total. The number of rotatable bonds is 5. The molecule has 0 atom stereocenters. The van der Waals surface area contributed by atoms with E-state index >= 15 is 0 Å². The second-order valence-corrected chi connectivity index (χ2v) is 5.47. The summed E-state index contributed by atoms with van der Waals surface area (Å²) in [5.41, 5.74) is 0.598. The lowest BCUT2D eigenvalue weighted by Crippen LogP contribution is -1.97. The molecule has 2 aromatic carbocycles. The van der Waals surface area contributed by atoms with Crippen LogP contribution in [0.25, 0.3) is 0 Å². The first-order chi connectivity index (χ1) is 9.86. The highest BCUT2D eigenvalue weighted by Crippen LogP contribution is 2.19. The van der Waals surface area contributed by atoms with Gasteiger partial charge in [-0.25, -0.2) is 0 Å². The van der Waals surface area contributed by atoms with Gasteiger partial charge in [-0.05, 0) is 29.8 Å². The van der Waals surface area contributed by atoms with E-state index < -0.39 is 20.0 Å². The Kier molecular flexibility index (Phi) is 4.18. The molecular formula is C13H10FNO5S. The summed E-state index contributed by atoms with van der Waals surface area (Å²) >= 11 is 0. The molecule has 0 saturated carbocycles. The fourth-order valence-electron chi connectivity index (χ4n) is 1.58. The van der Waals surface area contributed by atoms with E-state index in [2.05, 4.69) is 0 Å². The molecule has 8 heteroatoms. The SMILES string of the molecule is O=[N+]([O-])c1ccc(OCc2ccc(S(=O)(=O)F)cc2)cc1. The van der Waals surface area contributed by atoms with Crippen molar-refractivity contribution in [1.82, 2.24) is 0 Å². The summed E-state index contributed by atoms with van der Waals surface area (Å²) in [5, 5.41) is 10.5. The van der Waals surface area contributed by atoms with Crippen LogP contribution in [0.5, 0.6) is 5.75 Å². The minimum absolute atomic E-state index is 0.0418. The summed E-state index contributed by atoms with van der Waals surface area (Å²) in [4.78, 5) is 9.56. The lowest BCUT2D eigenvalue weighted by molar-refractivity contribution is -0.384. The lowest BCUT2D eigenvalue weighted by atomic mass is 10.2. The molecular weight excluding hydrogens is 301 g/mol. The van der Waals surface area contributed by atoms with Crippen molar-refractivity contribution in [2.24, 2.45) is 0 Å². The van der Waals surface area contributed by atoms with Crippen LogP contribution in [0.4, 0.5) is 9.57 Å². The third kappa shape index (κ3) is 3.99. The molecule has 0 aromatic heterocycles. The van der Waals surface area contributed by atoms with E-state index in [4.69, 9.17) is 4.74 Å². The average molecular weight is 311 g/mol. The van der Waals surface area contributed by atoms with Crippen molar-refractivity contribution < 1.29 is 22.0 Å². The van der Waals surface area contributed by atoms with Gasteiger partial charge in [0.05, 0.1) is 9.82 Å². The van der Waals surface area contributed by atoms with Crippen LogP contribution in [0, 0.1) is 10.1 Å². The zero-order chi connectivity index (χ0) is 15.5. The molecule has 2 aromatic rings. The van der Waals surface area contributed by atoms with Gasteiger partial charge in [-0.15, -0.1) is 3.89 Å². The molecule has 21 heavy (non-hydrogen) atoms. The minimum Gasteiger partial charge on any atom is -0.489 e. The van der Waals surface area contributed by atoms with E-state index in [9.17, 15) is 22.4 Å². The second-order valence-electron chi connectivity index (χ2n) is 4.12. The van der Waals surface area contributed by atoms with E-state index in [0.717, 1.165) is 12.1 Å². The Bertz CT molecular complexity index is 741. The van der Waals surface area contributed by atoms with Crippen molar-refractivity contribution in [1.29, 1.82) is 0 Å². The summed E-state index contributed by atoms with van der Waals surface area (Å²) in [6, 6.07) is 10.7. The normalized spacial score (nSPS) is 11.1. The largest absolute Gasteiger partial charge is 0.489 e. The van der Waals surface area contributed by atoms with Crippen molar-refractivity contribution in [3.8, 4) is 5.75 Å². The first-order valence-electron chi connectivity index (χ1n) is 5.77. The lowest BCUT2D eigenvalue weighted by Gasteiger charge is -2.06. The van der Waals surface area contributed by atoms with Crippen LogP contribution in [0.2, 0.25) is 0 Å². The molecule has 0 N–H and O–H groups in total. The van der Waals surface area contributed by atoms with E-state index in [1.54, 1.807) is 0 Å². The van der Waals surface area contributed by atoms with Crippen molar-refractivity contribution >= 4 is 15.9 Å². The smallest absolute Gasteiger partial charge is 0.332 e. The number of ether oxygens (including phenoxy) is 1. The molecule has 0 spiro atoms. The number of benzene rings is 2. The number of nitrogens with zero attached hydrogens (tertiary/aromatic N) is 1. The minimum atomic E-state index is -4.70. The number of nitro groups is 1. The highest BCUT2D eigenvalue weighted by atomic mass is 32.3. The monoisotopic (exact) mass is 311 g/mol. The Morgan fingerprint density at radius 2 is 1.62 bits per heavy atom. The third-order valence-electron chi connectivity index (χ3n) is 2.66. The highest BCUT2D eigenvalue weighted by Gasteiger charge is 2.11. The van der Waals surface area contributed by atoms with Gasteiger partial charge in [0.25, 0.3) is 5.69 Å². The average Bonchev–Trinajstić information content (AvgIpc) is 2.45. The molecule has 0 radical (unpaired) electrons. The van der Waals surface area contributed by atoms with Crippen LogP contribution in [0.3, 0.4) is 0 Å². The van der Waals surface area contributed by atoms with Crippen LogP contribution in [-0.4, -0.2) is 13.3 Å². The molecule has 2 rings (SSSR count). The summed E-state index contributed by atoms with van der Waals surface area (Å²) < 4.78 is 39.4. The molecule has 110 valence electrons. The van der Waals surface area contributed by atoms with Crippen molar-refractivity contribution in [2.45, 2.75) is 11.5 Å². The Balaban J connectivity index is 2.01. The van der Waals surface area contributed by atoms with Crippen molar-refractivity contribution in [2.75, 3.05) is 0 Å². The van der Waals surface area contributed by atoms with Gasteiger partial charge in [-0.2, -0.15) is 8.42 Å². The predicted molar refractivity (Wildman–Crippen MR) is 72.2 cm³/mol. The van der Waals surface area contributed by atoms with E-state index in [-0.39, 0.29) is 12.3 Å². The topological polar surface area (TPSA) is 86.5 Å². The first-order valence-corrected chi connectivity index (χ1v) is 7.15. The van der Waals surface area contributed by atoms with E-state index in [0.29, 0.717) is 11.3 Å². The molecule has 0 amide bonds. The van der Waals surface area contributed by atoms with Crippen molar-refractivity contribution in [3.63, 3.8) is 0 Å². The fourth-order valence-corrected chi connectivity index (χ4v) is 2.04. The molecule has 0 fully saturated rings. The molecule has 0 heterocycles. The summed E-state index contributed by atoms with van der Waals surface area (Å²) in [6.45, 7) is 0.129. The van der Waals surface area contributed by atoms with Crippen LogP contribution in [-0.2, 0) is 16.8 Å². The van der Waals surface area contributed by atoms with Crippen LogP contribution in [0.15, 0.2) is 53.4 Å². The standard InChI is InChI=1S/C13H10FNO5S/c14-21(18,19)13-7-1-10(2-8-13)9-20-12-5-3-11(4-6-12)15(16)17/h1-8H,9H2. The maximum Gasteiger partial charge on any atom is 0.332 e. The predicted octanol–water partition coefficient (Wildman–Crippen LogP) is 2.83. The van der Waals surface area contributed by atoms with Crippen LogP contribution >= 0.6 is 0 Å². The molecule has 0 aliphatic rings. The van der Waals surface area contributed by atoms with Gasteiger partial charge in [-0.1, -0.05) is 12.1 Å². The van der Waals surface area contributed by atoms with Gasteiger partial charge in [0.2, 0.25) is 0 Å². The van der Waals surface area contributed by atoms with Gasteiger partial charge in [-0.3, -0.25) is 10.1 Å². The third-order valence-corrected chi connectivity index (χ3v) is 3.49. The number of nitro benzene ring substituents is 1. The number of hydrogen-bond acceptors (Lipinski definition) is 5. The Hall–Kier alpha value is -2.48. The Labute approximate surface area is 120 Å². The number of halogens is 1. The molecule has 0 bridgehead atoms. The zero-order valence-corrected chi connectivity index (χ0v) is 11.4. The van der Waals surface area contributed by atoms with Gasteiger partial charge >= 0.3 is 10.2 Å². The Morgan fingerprint density at radius 3 is 2.10 bits per heavy atom. The number of hydrogen-bond donors (Lipinski definition) is 0. The van der Waals surface area contributed by atoms with Crippen molar-refractivity contribution in [3.05, 3.63) is 64.2 Å². The fraction of sp³-hybridized carbons (Fsp3) is 0.0769. The van der Waals surface area contributed by atoms with Crippen LogP contribution in [0.1, 0.15) is 5.56 Å². The van der Waals surface area contributed by atoms with Gasteiger partial charge in [0.15, 0.2) is 0 Å². The molecule has 0 aliphatic carbocycles. The van der Waals surface area contributed by atoms with E-state index in [1.165, 1.54) is 36.4 Å². The second kappa shape index (κ2) is 5.88. The first kappa shape index (κ1) is 14.9. The summed E-state index contributed by atoms with van der Waals surface area (Å²) in [5.74, 6) is 0.433. The molecule has 0 aliphatic heterocycles. The number of non-ortho nitro benzene ring substituents is 1.